The molecule has 60 valence electrons. The van der Waals surface area contributed by atoms with Gasteiger partial charge in [0, 0.05) is 9.45 Å². The second-order valence-corrected chi connectivity index (χ2v) is 4.18. The predicted molar refractivity (Wildman–Crippen MR) is 56.4 cm³/mol. The van der Waals surface area contributed by atoms with Gasteiger partial charge in [-0.1, -0.05) is 0 Å². The van der Waals surface area contributed by atoms with Crippen LogP contribution in [0.3, 0.4) is 0 Å². The van der Waals surface area contributed by atoms with Crippen molar-refractivity contribution in [3.05, 3.63) is 31.6 Å². The molecule has 1 aromatic carbocycles. The van der Waals surface area contributed by atoms with Crippen LogP contribution < -0.4 is 0 Å². The molecule has 1 rings (SSSR count). The number of hydrogen-bond donors (Lipinski definition) is 0. The summed E-state index contributed by atoms with van der Waals surface area (Å²) in [6.07, 6.45) is 0. The second-order valence-electron chi connectivity index (χ2n) is 1.96. The molecular formula is C7H4BrClFI. The largest absolute Gasteiger partial charge is 0.206 e. The molecule has 0 N–H and O–H groups in total. The molecule has 0 saturated heterocycles. The molecule has 0 unspecified atom stereocenters. The van der Waals surface area contributed by atoms with Crippen molar-refractivity contribution in [2.75, 3.05) is 0 Å². The standard InChI is InChI=1S/C7H4BrClFI/c8-7-4(3-9)6(11)2-1-5(7)10/h1-2H,3H2. The van der Waals surface area contributed by atoms with Gasteiger partial charge >= 0.3 is 0 Å². The van der Waals surface area contributed by atoms with Gasteiger partial charge in [0.2, 0.25) is 0 Å². The van der Waals surface area contributed by atoms with Gasteiger partial charge in [0.05, 0.1) is 4.47 Å². The Balaban J connectivity index is 3.29. The van der Waals surface area contributed by atoms with E-state index < -0.39 is 0 Å². The number of hydrogen-bond acceptors (Lipinski definition) is 0. The van der Waals surface area contributed by atoms with Crippen LogP contribution >= 0.6 is 50.1 Å². The fourth-order valence-electron chi connectivity index (χ4n) is 0.692. The zero-order valence-electron chi connectivity index (χ0n) is 5.37. The van der Waals surface area contributed by atoms with E-state index in [-0.39, 0.29) is 5.82 Å². The fourth-order valence-corrected chi connectivity index (χ4v) is 2.85. The van der Waals surface area contributed by atoms with Crippen LogP contribution in [0.4, 0.5) is 4.39 Å². The van der Waals surface area contributed by atoms with E-state index in [0.29, 0.717) is 10.4 Å². The highest BCUT2D eigenvalue weighted by molar-refractivity contribution is 14.1. The highest BCUT2D eigenvalue weighted by atomic mass is 127. The maximum absolute atomic E-state index is 12.8. The lowest BCUT2D eigenvalue weighted by Gasteiger charge is -2.03. The molecule has 0 amide bonds. The third kappa shape index (κ3) is 2.06. The third-order valence-electron chi connectivity index (χ3n) is 1.27. The van der Waals surface area contributed by atoms with E-state index in [1.54, 1.807) is 6.07 Å². The summed E-state index contributed by atoms with van der Waals surface area (Å²) in [5.74, 6) is 0.0671. The molecule has 0 atom stereocenters. The molecule has 0 aliphatic rings. The molecule has 0 bridgehead atoms. The van der Waals surface area contributed by atoms with Crippen molar-refractivity contribution in [2.24, 2.45) is 0 Å². The molecule has 4 heteroatoms. The summed E-state index contributed by atoms with van der Waals surface area (Å²) in [4.78, 5) is 0. The Morgan fingerprint density at radius 1 is 1.55 bits per heavy atom. The van der Waals surface area contributed by atoms with Crippen molar-refractivity contribution in [3.8, 4) is 0 Å². The van der Waals surface area contributed by atoms with Gasteiger partial charge in [-0.15, -0.1) is 11.6 Å². The summed E-state index contributed by atoms with van der Waals surface area (Å²) in [7, 11) is 0. The van der Waals surface area contributed by atoms with Gasteiger partial charge in [-0.3, -0.25) is 0 Å². The first-order chi connectivity index (χ1) is 5.16. The summed E-state index contributed by atoms with van der Waals surface area (Å²) in [5, 5.41) is 0. The summed E-state index contributed by atoms with van der Waals surface area (Å²) < 4.78 is 14.3. The summed E-state index contributed by atoms with van der Waals surface area (Å²) in [6, 6.07) is 3.13. The minimum absolute atomic E-state index is 0.263. The molecule has 0 nitrogen and oxygen atoms in total. The first-order valence-electron chi connectivity index (χ1n) is 2.85. The molecule has 0 aliphatic heterocycles. The lowest BCUT2D eigenvalue weighted by atomic mass is 10.2. The van der Waals surface area contributed by atoms with Crippen molar-refractivity contribution in [2.45, 2.75) is 5.88 Å². The van der Waals surface area contributed by atoms with Crippen LogP contribution in [0.25, 0.3) is 0 Å². The van der Waals surface area contributed by atoms with Gasteiger partial charge in [-0.05, 0) is 56.2 Å². The molecule has 0 spiro atoms. The minimum atomic E-state index is -0.263. The topological polar surface area (TPSA) is 0 Å². The maximum Gasteiger partial charge on any atom is 0.137 e. The number of benzene rings is 1. The highest BCUT2D eigenvalue weighted by Gasteiger charge is 2.07. The normalized spacial score (nSPS) is 10.2. The van der Waals surface area contributed by atoms with E-state index in [2.05, 4.69) is 38.5 Å². The Hall–Kier alpha value is 0.650. The van der Waals surface area contributed by atoms with Crippen LogP contribution in [0.5, 0.6) is 0 Å². The SMILES string of the molecule is Fc1ccc(I)c(CCl)c1Br. The van der Waals surface area contributed by atoms with Crippen molar-refractivity contribution in [1.82, 2.24) is 0 Å². The molecule has 0 fully saturated rings. The average Bonchev–Trinajstić information content (AvgIpc) is 1.99. The van der Waals surface area contributed by atoms with Gasteiger partial charge in [0.1, 0.15) is 5.82 Å². The first-order valence-corrected chi connectivity index (χ1v) is 5.25. The average molecular weight is 349 g/mol. The molecule has 0 aliphatic carbocycles. The van der Waals surface area contributed by atoms with Crippen molar-refractivity contribution in [3.63, 3.8) is 0 Å². The quantitative estimate of drug-likeness (QED) is 0.409. The number of halogens is 4. The molecular weight excluding hydrogens is 345 g/mol. The number of rotatable bonds is 1. The monoisotopic (exact) mass is 348 g/mol. The first kappa shape index (κ1) is 9.74. The number of alkyl halides is 1. The van der Waals surface area contributed by atoms with E-state index in [4.69, 9.17) is 11.6 Å². The van der Waals surface area contributed by atoms with E-state index in [1.807, 2.05) is 0 Å². The zero-order valence-corrected chi connectivity index (χ0v) is 9.87. The van der Waals surface area contributed by atoms with E-state index >= 15 is 0 Å². The van der Waals surface area contributed by atoms with Crippen molar-refractivity contribution < 1.29 is 4.39 Å². The van der Waals surface area contributed by atoms with Gasteiger partial charge in [-0.2, -0.15) is 0 Å². The van der Waals surface area contributed by atoms with Crippen molar-refractivity contribution >= 4 is 50.1 Å². The Morgan fingerprint density at radius 2 is 2.18 bits per heavy atom. The summed E-state index contributed by atoms with van der Waals surface area (Å²) in [5.41, 5.74) is 0.812. The van der Waals surface area contributed by atoms with Gasteiger partial charge in [0.15, 0.2) is 0 Å². The maximum atomic E-state index is 12.8. The lowest BCUT2D eigenvalue weighted by molar-refractivity contribution is 0.619. The summed E-state index contributed by atoms with van der Waals surface area (Å²) >= 11 is 10.9. The Labute approximate surface area is 91.4 Å². The van der Waals surface area contributed by atoms with Crippen LogP contribution in [0.15, 0.2) is 16.6 Å². The van der Waals surface area contributed by atoms with E-state index in [1.165, 1.54) is 6.07 Å². The van der Waals surface area contributed by atoms with Crippen LogP contribution in [0, 0.1) is 9.39 Å². The molecule has 0 radical (unpaired) electrons. The Bertz CT molecular complexity index is 277. The Kier molecular flexibility index (Phi) is 3.58. The molecule has 0 aromatic heterocycles. The van der Waals surface area contributed by atoms with Crippen LogP contribution in [0.1, 0.15) is 5.56 Å². The van der Waals surface area contributed by atoms with Gasteiger partial charge in [0.25, 0.3) is 0 Å². The molecule has 0 heterocycles. The van der Waals surface area contributed by atoms with Crippen LogP contribution in [-0.2, 0) is 5.88 Å². The predicted octanol–water partition coefficient (Wildman–Crippen LogP) is 3.93. The van der Waals surface area contributed by atoms with Crippen molar-refractivity contribution in [1.29, 1.82) is 0 Å². The lowest BCUT2D eigenvalue weighted by Crippen LogP contribution is -1.89. The molecule has 0 saturated carbocycles. The smallest absolute Gasteiger partial charge is 0.137 e. The molecule has 11 heavy (non-hydrogen) atoms. The Morgan fingerprint density at radius 3 is 2.64 bits per heavy atom. The van der Waals surface area contributed by atoms with Gasteiger partial charge in [-0.25, -0.2) is 4.39 Å². The fraction of sp³-hybridized carbons (Fsp3) is 0.143. The van der Waals surface area contributed by atoms with Crippen LogP contribution in [-0.4, -0.2) is 0 Å². The molecule has 1 aromatic rings. The van der Waals surface area contributed by atoms with Gasteiger partial charge < -0.3 is 0 Å². The second kappa shape index (κ2) is 4.05. The zero-order chi connectivity index (χ0) is 8.43. The highest BCUT2D eigenvalue weighted by Crippen LogP contribution is 2.26. The third-order valence-corrected chi connectivity index (χ3v) is 3.41. The minimum Gasteiger partial charge on any atom is -0.206 e. The van der Waals surface area contributed by atoms with E-state index in [0.717, 1.165) is 9.13 Å². The summed E-state index contributed by atoms with van der Waals surface area (Å²) in [6.45, 7) is 0. The van der Waals surface area contributed by atoms with Crippen LogP contribution in [0.2, 0.25) is 0 Å². The van der Waals surface area contributed by atoms with E-state index in [9.17, 15) is 4.39 Å².